The number of hydrogen-bond acceptors (Lipinski definition) is 4. The quantitative estimate of drug-likeness (QED) is 0.904. The van der Waals surface area contributed by atoms with Crippen LogP contribution >= 0.6 is 11.3 Å². The highest BCUT2D eigenvalue weighted by Crippen LogP contribution is 2.19. The Morgan fingerprint density at radius 2 is 2.35 bits per heavy atom. The van der Waals surface area contributed by atoms with Crippen LogP contribution in [0.4, 0.5) is 0 Å². The lowest BCUT2D eigenvalue weighted by atomic mass is 10.1. The van der Waals surface area contributed by atoms with E-state index >= 15 is 0 Å². The molecule has 1 N–H and O–H groups in total. The van der Waals surface area contributed by atoms with E-state index in [4.69, 9.17) is 5.11 Å². The molecule has 2 heterocycles. The van der Waals surface area contributed by atoms with Crippen molar-refractivity contribution in [1.82, 2.24) is 15.0 Å². The van der Waals surface area contributed by atoms with Gasteiger partial charge in [0, 0.05) is 0 Å². The number of aromatic nitrogens is 3. The molecule has 0 fully saturated rings. The third kappa shape index (κ3) is 2.36. The Morgan fingerprint density at radius 3 is 2.88 bits per heavy atom. The smallest absolute Gasteiger partial charge is 0.358 e. The van der Waals surface area contributed by atoms with Crippen molar-refractivity contribution < 1.29 is 9.90 Å². The van der Waals surface area contributed by atoms with Crippen molar-refractivity contribution in [2.24, 2.45) is 0 Å². The minimum Gasteiger partial charge on any atom is -0.476 e. The van der Waals surface area contributed by atoms with Gasteiger partial charge in [-0.15, -0.1) is 5.10 Å². The van der Waals surface area contributed by atoms with Gasteiger partial charge in [-0.05, 0) is 28.3 Å². The number of carbonyl (C=O) groups is 1. The zero-order valence-corrected chi connectivity index (χ0v) is 10.4. The molecule has 90 valence electrons. The van der Waals surface area contributed by atoms with Gasteiger partial charge in [0.05, 0.1) is 12.2 Å². The highest BCUT2D eigenvalue weighted by atomic mass is 32.1. The Balaban J connectivity index is 2.37. The van der Waals surface area contributed by atoms with E-state index in [1.54, 1.807) is 16.0 Å². The molecule has 0 aromatic carbocycles. The maximum Gasteiger partial charge on any atom is 0.358 e. The summed E-state index contributed by atoms with van der Waals surface area (Å²) in [5.74, 6) is -0.944. The SMILES string of the molecule is CC(C)c1c(C(=O)O)nnn1Cc1ccsc1. The topological polar surface area (TPSA) is 68.0 Å². The van der Waals surface area contributed by atoms with E-state index in [0.717, 1.165) is 5.56 Å². The van der Waals surface area contributed by atoms with Crippen LogP contribution in [0.5, 0.6) is 0 Å². The number of rotatable bonds is 4. The van der Waals surface area contributed by atoms with Gasteiger partial charge < -0.3 is 5.11 Å². The Bertz CT molecular complexity index is 517. The fourth-order valence-corrected chi connectivity index (χ4v) is 2.38. The molecule has 0 amide bonds. The number of nitrogens with zero attached hydrogens (tertiary/aromatic N) is 3. The number of aromatic carboxylic acids is 1. The normalized spacial score (nSPS) is 11.0. The van der Waals surface area contributed by atoms with Crippen LogP contribution in [0.3, 0.4) is 0 Å². The van der Waals surface area contributed by atoms with E-state index < -0.39 is 5.97 Å². The molecule has 2 rings (SSSR count). The molecule has 0 bridgehead atoms. The van der Waals surface area contributed by atoms with E-state index in [9.17, 15) is 4.79 Å². The molecule has 0 spiro atoms. The summed E-state index contributed by atoms with van der Waals surface area (Å²) in [7, 11) is 0. The Hall–Kier alpha value is -1.69. The number of carboxylic acids is 1. The Morgan fingerprint density at radius 1 is 1.59 bits per heavy atom. The minimum atomic E-state index is -1.02. The van der Waals surface area contributed by atoms with Crippen molar-refractivity contribution in [3.05, 3.63) is 33.8 Å². The van der Waals surface area contributed by atoms with Gasteiger partial charge in [0.2, 0.25) is 0 Å². The molecular formula is C11H13N3O2S. The molecule has 0 atom stereocenters. The van der Waals surface area contributed by atoms with Crippen molar-refractivity contribution in [3.63, 3.8) is 0 Å². The van der Waals surface area contributed by atoms with Crippen molar-refractivity contribution in [2.75, 3.05) is 0 Å². The fraction of sp³-hybridized carbons (Fsp3) is 0.364. The first-order valence-electron chi connectivity index (χ1n) is 5.27. The molecule has 2 aromatic rings. The molecule has 0 aliphatic heterocycles. The average Bonchev–Trinajstić information content (AvgIpc) is 2.86. The summed E-state index contributed by atoms with van der Waals surface area (Å²) in [6.07, 6.45) is 0. The molecule has 0 saturated heterocycles. The predicted molar refractivity (Wildman–Crippen MR) is 64.5 cm³/mol. The highest BCUT2D eigenvalue weighted by molar-refractivity contribution is 7.07. The zero-order valence-electron chi connectivity index (χ0n) is 9.62. The lowest BCUT2D eigenvalue weighted by molar-refractivity contribution is 0.0688. The Labute approximate surface area is 103 Å². The van der Waals surface area contributed by atoms with Crippen LogP contribution in [-0.4, -0.2) is 26.1 Å². The first-order chi connectivity index (χ1) is 8.09. The monoisotopic (exact) mass is 251 g/mol. The second kappa shape index (κ2) is 4.67. The van der Waals surface area contributed by atoms with Crippen LogP contribution in [0, 0.1) is 0 Å². The minimum absolute atomic E-state index is 0.0511. The number of thiophene rings is 1. The molecule has 5 nitrogen and oxygen atoms in total. The maximum atomic E-state index is 11.0. The van der Waals surface area contributed by atoms with Gasteiger partial charge in [-0.2, -0.15) is 11.3 Å². The van der Waals surface area contributed by atoms with Crippen molar-refractivity contribution in [1.29, 1.82) is 0 Å². The summed E-state index contributed by atoms with van der Waals surface area (Å²) in [5, 5.41) is 20.7. The van der Waals surface area contributed by atoms with E-state index in [0.29, 0.717) is 12.2 Å². The third-order valence-electron chi connectivity index (χ3n) is 2.44. The molecule has 0 unspecified atom stereocenters. The molecule has 0 aliphatic carbocycles. The van der Waals surface area contributed by atoms with Crippen LogP contribution < -0.4 is 0 Å². The van der Waals surface area contributed by atoms with E-state index in [-0.39, 0.29) is 11.6 Å². The Kier molecular flexibility index (Phi) is 3.23. The van der Waals surface area contributed by atoms with Gasteiger partial charge in [-0.25, -0.2) is 9.48 Å². The molecule has 0 saturated carbocycles. The van der Waals surface area contributed by atoms with Crippen LogP contribution in [0.2, 0.25) is 0 Å². The summed E-state index contributed by atoms with van der Waals surface area (Å²) in [6, 6.07) is 2.00. The predicted octanol–water partition coefficient (Wildman–Crippen LogP) is 2.21. The molecule has 0 radical (unpaired) electrons. The zero-order chi connectivity index (χ0) is 12.4. The fourth-order valence-electron chi connectivity index (χ4n) is 1.72. The van der Waals surface area contributed by atoms with Crippen LogP contribution in [-0.2, 0) is 6.54 Å². The molecule has 17 heavy (non-hydrogen) atoms. The van der Waals surface area contributed by atoms with E-state index in [2.05, 4.69) is 10.3 Å². The van der Waals surface area contributed by atoms with Crippen molar-refractivity contribution in [2.45, 2.75) is 26.3 Å². The standard InChI is InChI=1S/C11H13N3O2S/c1-7(2)10-9(11(15)16)12-13-14(10)5-8-3-4-17-6-8/h3-4,6-7H,5H2,1-2H3,(H,15,16). The summed E-state index contributed by atoms with van der Waals surface area (Å²) in [5.41, 5.74) is 1.83. The van der Waals surface area contributed by atoms with Gasteiger partial charge in [-0.1, -0.05) is 19.1 Å². The average molecular weight is 251 g/mol. The second-order valence-electron chi connectivity index (χ2n) is 4.07. The first-order valence-corrected chi connectivity index (χ1v) is 6.21. The van der Waals surface area contributed by atoms with Gasteiger partial charge in [0.15, 0.2) is 5.69 Å². The number of carboxylic acid groups (broad SMARTS) is 1. The summed E-state index contributed by atoms with van der Waals surface area (Å²) < 4.78 is 1.66. The van der Waals surface area contributed by atoms with Gasteiger partial charge in [-0.3, -0.25) is 0 Å². The van der Waals surface area contributed by atoms with Crippen LogP contribution in [0.15, 0.2) is 16.8 Å². The van der Waals surface area contributed by atoms with E-state index in [1.165, 1.54) is 0 Å². The molecular weight excluding hydrogens is 238 g/mol. The van der Waals surface area contributed by atoms with Crippen molar-refractivity contribution in [3.8, 4) is 0 Å². The van der Waals surface area contributed by atoms with Gasteiger partial charge in [0.1, 0.15) is 0 Å². The van der Waals surface area contributed by atoms with E-state index in [1.807, 2.05) is 30.7 Å². The summed E-state index contributed by atoms with van der Waals surface area (Å²) in [6.45, 7) is 4.45. The summed E-state index contributed by atoms with van der Waals surface area (Å²) in [4.78, 5) is 11.0. The highest BCUT2D eigenvalue weighted by Gasteiger charge is 2.21. The third-order valence-corrected chi connectivity index (χ3v) is 3.17. The maximum absolute atomic E-state index is 11.0. The number of hydrogen-bond donors (Lipinski definition) is 1. The van der Waals surface area contributed by atoms with Crippen LogP contribution in [0.25, 0.3) is 0 Å². The molecule has 0 aliphatic rings. The van der Waals surface area contributed by atoms with Crippen molar-refractivity contribution >= 4 is 17.3 Å². The first kappa shape index (κ1) is 11.8. The largest absolute Gasteiger partial charge is 0.476 e. The van der Waals surface area contributed by atoms with Gasteiger partial charge in [0.25, 0.3) is 0 Å². The summed E-state index contributed by atoms with van der Waals surface area (Å²) >= 11 is 1.61. The van der Waals surface area contributed by atoms with Crippen LogP contribution in [0.1, 0.15) is 41.5 Å². The molecule has 6 heteroatoms. The second-order valence-corrected chi connectivity index (χ2v) is 4.85. The molecule has 2 aromatic heterocycles. The lowest BCUT2D eigenvalue weighted by Gasteiger charge is -2.08. The van der Waals surface area contributed by atoms with Gasteiger partial charge >= 0.3 is 5.97 Å². The lowest BCUT2D eigenvalue weighted by Crippen LogP contribution is -2.10.